The summed E-state index contributed by atoms with van der Waals surface area (Å²) in [5, 5.41) is 9.65. The Morgan fingerprint density at radius 3 is 2.47 bits per heavy atom. The van der Waals surface area contributed by atoms with Gasteiger partial charge in [-0.2, -0.15) is 0 Å². The van der Waals surface area contributed by atoms with Crippen LogP contribution in [0.5, 0.6) is 0 Å². The second-order valence-electron chi connectivity index (χ2n) is 5.09. The highest BCUT2D eigenvalue weighted by Crippen LogP contribution is 2.28. The first-order valence-electron chi connectivity index (χ1n) is 6.18. The van der Waals surface area contributed by atoms with Crippen molar-refractivity contribution in [2.45, 2.75) is 50.9 Å². The third-order valence-electron chi connectivity index (χ3n) is 3.27. The highest BCUT2D eigenvalue weighted by molar-refractivity contribution is 5.20. The minimum absolute atomic E-state index is 0.182. The van der Waals surface area contributed by atoms with E-state index in [1.54, 1.807) is 0 Å². The Morgan fingerprint density at radius 1 is 1.18 bits per heavy atom. The molecular formula is C14H20O3. The first-order chi connectivity index (χ1) is 8.09. The lowest BCUT2D eigenvalue weighted by molar-refractivity contribution is -0.388. The van der Waals surface area contributed by atoms with Crippen LogP contribution in [-0.2, 0) is 15.4 Å². The fourth-order valence-electron chi connectivity index (χ4n) is 2.09. The van der Waals surface area contributed by atoms with Gasteiger partial charge in [-0.3, -0.25) is 0 Å². The van der Waals surface area contributed by atoms with Crippen molar-refractivity contribution in [3.05, 3.63) is 35.9 Å². The van der Waals surface area contributed by atoms with Crippen molar-refractivity contribution >= 4 is 0 Å². The largest absolute Gasteiger partial charge is 0.390 e. The number of hydrogen-bond acceptors (Lipinski definition) is 3. The molecule has 1 aliphatic rings. The Morgan fingerprint density at radius 2 is 1.88 bits per heavy atom. The summed E-state index contributed by atoms with van der Waals surface area (Å²) in [5.74, 6) is 0. The van der Waals surface area contributed by atoms with Crippen molar-refractivity contribution in [1.29, 1.82) is 0 Å². The van der Waals surface area contributed by atoms with Gasteiger partial charge in [-0.15, -0.1) is 0 Å². The Labute approximate surface area is 102 Å². The molecule has 1 fully saturated rings. The maximum atomic E-state index is 9.65. The van der Waals surface area contributed by atoms with Crippen LogP contribution in [0.25, 0.3) is 0 Å². The lowest BCUT2D eigenvalue weighted by atomic mass is 9.99. The van der Waals surface area contributed by atoms with E-state index in [2.05, 4.69) is 0 Å². The molecule has 0 aromatic heterocycles. The Hall–Kier alpha value is -0.900. The monoisotopic (exact) mass is 236 g/mol. The van der Waals surface area contributed by atoms with Gasteiger partial charge in [-0.05, 0) is 38.7 Å². The minimum atomic E-state index is -0.496. The fourth-order valence-corrected chi connectivity index (χ4v) is 2.09. The normalized spacial score (nSPS) is 25.1. The van der Waals surface area contributed by atoms with Gasteiger partial charge in [0.2, 0.25) is 0 Å². The zero-order valence-electron chi connectivity index (χ0n) is 10.4. The second kappa shape index (κ2) is 5.17. The van der Waals surface area contributed by atoms with Gasteiger partial charge < -0.3 is 5.11 Å². The number of aliphatic hydroxyl groups is 1. The van der Waals surface area contributed by atoms with Crippen LogP contribution in [0.1, 0.15) is 38.7 Å². The molecule has 1 aromatic rings. The van der Waals surface area contributed by atoms with Crippen LogP contribution >= 0.6 is 0 Å². The predicted molar refractivity (Wildman–Crippen MR) is 65.3 cm³/mol. The van der Waals surface area contributed by atoms with Crippen LogP contribution in [0.2, 0.25) is 0 Å². The Bertz CT molecular complexity index is 348. The van der Waals surface area contributed by atoms with Gasteiger partial charge >= 0.3 is 0 Å². The van der Waals surface area contributed by atoms with E-state index < -0.39 is 5.60 Å². The van der Waals surface area contributed by atoms with E-state index in [1.807, 2.05) is 44.2 Å². The lowest BCUT2D eigenvalue weighted by Crippen LogP contribution is -2.29. The van der Waals surface area contributed by atoms with E-state index in [9.17, 15) is 5.11 Å². The van der Waals surface area contributed by atoms with Crippen molar-refractivity contribution in [1.82, 2.24) is 0 Å². The average Bonchev–Trinajstić information content (AvgIpc) is 2.74. The van der Waals surface area contributed by atoms with Gasteiger partial charge in [0, 0.05) is 0 Å². The predicted octanol–water partition coefficient (Wildman–Crippen LogP) is 2.78. The summed E-state index contributed by atoms with van der Waals surface area (Å²) in [6.45, 7) is 3.92. The van der Waals surface area contributed by atoms with Crippen LogP contribution in [0.4, 0.5) is 0 Å². The van der Waals surface area contributed by atoms with E-state index in [1.165, 1.54) is 0 Å². The van der Waals surface area contributed by atoms with Crippen LogP contribution < -0.4 is 0 Å². The third-order valence-corrected chi connectivity index (χ3v) is 3.27. The maximum absolute atomic E-state index is 9.65. The highest BCUT2D eigenvalue weighted by Gasteiger charge is 2.30. The molecule has 0 bridgehead atoms. The van der Waals surface area contributed by atoms with Crippen LogP contribution in [0.3, 0.4) is 0 Å². The topological polar surface area (TPSA) is 38.7 Å². The summed E-state index contributed by atoms with van der Waals surface area (Å²) in [5.41, 5.74) is 0.566. The van der Waals surface area contributed by atoms with E-state index in [-0.39, 0.29) is 12.2 Å². The van der Waals surface area contributed by atoms with Crippen LogP contribution in [-0.4, -0.2) is 17.3 Å². The Kier molecular flexibility index (Phi) is 3.82. The summed E-state index contributed by atoms with van der Waals surface area (Å²) in [6, 6.07) is 9.94. The molecule has 94 valence electrons. The third kappa shape index (κ3) is 3.06. The van der Waals surface area contributed by atoms with Crippen molar-refractivity contribution in [2.75, 3.05) is 0 Å². The van der Waals surface area contributed by atoms with Crippen molar-refractivity contribution in [3.63, 3.8) is 0 Å². The molecule has 1 aliphatic carbocycles. The van der Waals surface area contributed by atoms with E-state index in [0.29, 0.717) is 0 Å². The van der Waals surface area contributed by atoms with Crippen molar-refractivity contribution < 1.29 is 14.9 Å². The highest BCUT2D eigenvalue weighted by atomic mass is 17.2. The lowest BCUT2D eigenvalue weighted by Gasteiger charge is -2.26. The molecule has 0 amide bonds. The molecule has 1 saturated carbocycles. The second-order valence-corrected chi connectivity index (χ2v) is 5.09. The van der Waals surface area contributed by atoms with E-state index in [4.69, 9.17) is 9.78 Å². The summed E-state index contributed by atoms with van der Waals surface area (Å²) in [7, 11) is 0. The summed E-state index contributed by atoms with van der Waals surface area (Å²) >= 11 is 0. The summed E-state index contributed by atoms with van der Waals surface area (Å²) in [6.07, 6.45) is 2.10. The zero-order valence-corrected chi connectivity index (χ0v) is 10.4. The SMILES string of the molecule is CC(C)(OOC1CCCC1O)c1ccccc1. The summed E-state index contributed by atoms with van der Waals surface area (Å²) in [4.78, 5) is 10.9. The number of aliphatic hydroxyl groups excluding tert-OH is 1. The van der Waals surface area contributed by atoms with Gasteiger partial charge in [0.05, 0.1) is 6.10 Å². The fraction of sp³-hybridized carbons (Fsp3) is 0.571. The van der Waals surface area contributed by atoms with E-state index in [0.717, 1.165) is 24.8 Å². The van der Waals surface area contributed by atoms with Gasteiger partial charge in [0.1, 0.15) is 11.7 Å². The molecule has 3 nitrogen and oxygen atoms in total. The molecule has 3 heteroatoms. The van der Waals surface area contributed by atoms with Gasteiger partial charge in [-0.1, -0.05) is 30.3 Å². The summed E-state index contributed by atoms with van der Waals surface area (Å²) < 4.78 is 0. The zero-order chi connectivity index (χ0) is 12.3. The number of rotatable bonds is 4. The molecule has 1 aromatic carbocycles. The Balaban J connectivity index is 1.93. The van der Waals surface area contributed by atoms with Gasteiger partial charge in [-0.25, -0.2) is 9.78 Å². The van der Waals surface area contributed by atoms with E-state index >= 15 is 0 Å². The standard InChI is InChI=1S/C14H20O3/c1-14(2,11-7-4-3-5-8-11)17-16-13-10-6-9-12(13)15/h3-5,7-8,12-13,15H,6,9-10H2,1-2H3. The molecular weight excluding hydrogens is 216 g/mol. The number of hydrogen-bond donors (Lipinski definition) is 1. The molecule has 2 atom stereocenters. The first-order valence-corrected chi connectivity index (χ1v) is 6.18. The molecule has 0 spiro atoms. The van der Waals surface area contributed by atoms with Crippen molar-refractivity contribution in [2.24, 2.45) is 0 Å². The first kappa shape index (κ1) is 12.6. The van der Waals surface area contributed by atoms with Gasteiger partial charge in [0.25, 0.3) is 0 Å². The number of benzene rings is 1. The molecule has 0 saturated heterocycles. The van der Waals surface area contributed by atoms with Crippen LogP contribution in [0.15, 0.2) is 30.3 Å². The van der Waals surface area contributed by atoms with Crippen LogP contribution in [0, 0.1) is 0 Å². The van der Waals surface area contributed by atoms with Crippen molar-refractivity contribution in [3.8, 4) is 0 Å². The molecule has 2 unspecified atom stereocenters. The maximum Gasteiger partial charge on any atom is 0.123 e. The minimum Gasteiger partial charge on any atom is -0.390 e. The average molecular weight is 236 g/mol. The molecule has 1 N–H and O–H groups in total. The molecule has 0 aliphatic heterocycles. The molecule has 17 heavy (non-hydrogen) atoms. The molecule has 0 radical (unpaired) electrons. The smallest absolute Gasteiger partial charge is 0.123 e. The quantitative estimate of drug-likeness (QED) is 0.645. The van der Waals surface area contributed by atoms with Gasteiger partial charge in [0.15, 0.2) is 0 Å². The molecule has 2 rings (SSSR count). The molecule has 0 heterocycles.